The van der Waals surface area contributed by atoms with Crippen molar-refractivity contribution in [3.8, 4) is 5.75 Å². The molecule has 0 atom stereocenters. The summed E-state index contributed by atoms with van der Waals surface area (Å²) in [6.45, 7) is 0.788. The predicted octanol–water partition coefficient (Wildman–Crippen LogP) is 0.129. The van der Waals surface area contributed by atoms with E-state index in [1.54, 1.807) is 6.07 Å². The SMILES string of the molecule is NC1CCN(S(=O)(=O)c2ccc3c(c2)NC(=O)CO3)CC1. The number of nitrogens with one attached hydrogen (secondary N) is 1. The molecule has 7 nitrogen and oxygen atoms in total. The van der Waals surface area contributed by atoms with Gasteiger partial charge < -0.3 is 15.8 Å². The molecule has 0 aromatic heterocycles. The van der Waals surface area contributed by atoms with Crippen molar-refractivity contribution in [2.24, 2.45) is 5.73 Å². The number of nitrogens with zero attached hydrogens (tertiary/aromatic N) is 1. The van der Waals surface area contributed by atoms with Crippen LogP contribution in [0.15, 0.2) is 23.1 Å². The Morgan fingerprint density at radius 2 is 2.00 bits per heavy atom. The van der Waals surface area contributed by atoms with Gasteiger partial charge in [-0.05, 0) is 31.0 Å². The highest BCUT2D eigenvalue weighted by molar-refractivity contribution is 7.89. The van der Waals surface area contributed by atoms with Gasteiger partial charge in [0.15, 0.2) is 6.61 Å². The molecule has 114 valence electrons. The summed E-state index contributed by atoms with van der Waals surface area (Å²) in [6.07, 6.45) is 1.31. The minimum Gasteiger partial charge on any atom is -0.482 e. The number of sulfonamides is 1. The third-order valence-corrected chi connectivity index (χ3v) is 5.61. The Bertz CT molecular complexity index is 666. The summed E-state index contributed by atoms with van der Waals surface area (Å²) in [6, 6.07) is 4.57. The molecule has 3 N–H and O–H groups in total. The first-order valence-corrected chi connectivity index (χ1v) is 8.23. The molecule has 1 aromatic rings. The number of piperidine rings is 1. The summed E-state index contributed by atoms with van der Waals surface area (Å²) in [5.74, 6) is 0.190. The lowest BCUT2D eigenvalue weighted by molar-refractivity contribution is -0.118. The fourth-order valence-electron chi connectivity index (χ4n) is 2.49. The van der Waals surface area contributed by atoms with Gasteiger partial charge in [0.1, 0.15) is 5.75 Å². The summed E-state index contributed by atoms with van der Waals surface area (Å²) in [4.78, 5) is 11.5. The number of carbonyl (C=O) groups is 1. The minimum atomic E-state index is -3.57. The van der Waals surface area contributed by atoms with Crippen molar-refractivity contribution in [1.29, 1.82) is 0 Å². The third kappa shape index (κ3) is 2.74. The van der Waals surface area contributed by atoms with E-state index in [1.807, 2.05) is 0 Å². The molecule has 0 spiro atoms. The minimum absolute atomic E-state index is 0.0525. The Labute approximate surface area is 123 Å². The molecule has 0 bridgehead atoms. The topological polar surface area (TPSA) is 102 Å². The van der Waals surface area contributed by atoms with Crippen molar-refractivity contribution in [2.45, 2.75) is 23.8 Å². The molecule has 2 aliphatic rings. The van der Waals surface area contributed by atoms with Crippen molar-refractivity contribution in [3.05, 3.63) is 18.2 Å². The molecule has 0 unspecified atom stereocenters. The van der Waals surface area contributed by atoms with Gasteiger partial charge in [0.2, 0.25) is 10.0 Å². The smallest absolute Gasteiger partial charge is 0.262 e. The van der Waals surface area contributed by atoms with Crippen LogP contribution in [-0.2, 0) is 14.8 Å². The highest BCUT2D eigenvalue weighted by Crippen LogP contribution is 2.31. The van der Waals surface area contributed by atoms with E-state index >= 15 is 0 Å². The maximum Gasteiger partial charge on any atom is 0.262 e. The number of hydrogen-bond acceptors (Lipinski definition) is 5. The first kappa shape index (κ1) is 14.3. The van der Waals surface area contributed by atoms with Gasteiger partial charge in [-0.15, -0.1) is 0 Å². The Morgan fingerprint density at radius 3 is 2.71 bits per heavy atom. The van der Waals surface area contributed by atoms with Crippen LogP contribution >= 0.6 is 0 Å². The summed E-state index contributed by atoms with van der Waals surface area (Å²) in [7, 11) is -3.57. The van der Waals surface area contributed by atoms with Gasteiger partial charge in [0.25, 0.3) is 5.91 Å². The van der Waals surface area contributed by atoms with Crippen LogP contribution in [0.25, 0.3) is 0 Å². The zero-order valence-corrected chi connectivity index (χ0v) is 12.2. The Balaban J connectivity index is 1.89. The summed E-state index contributed by atoms with van der Waals surface area (Å²) < 4.78 is 31.8. The van der Waals surface area contributed by atoms with Crippen LogP contribution in [0.4, 0.5) is 5.69 Å². The molecular formula is C13H17N3O4S. The van der Waals surface area contributed by atoms with Crippen molar-refractivity contribution >= 4 is 21.6 Å². The maximum atomic E-state index is 12.6. The monoisotopic (exact) mass is 311 g/mol. The Hall–Kier alpha value is -1.64. The zero-order chi connectivity index (χ0) is 15.0. The first-order chi connectivity index (χ1) is 9.96. The van der Waals surface area contributed by atoms with Gasteiger partial charge in [-0.3, -0.25) is 4.79 Å². The van der Waals surface area contributed by atoms with E-state index in [0.717, 1.165) is 0 Å². The van der Waals surface area contributed by atoms with Gasteiger partial charge in [-0.25, -0.2) is 8.42 Å². The lowest BCUT2D eigenvalue weighted by Gasteiger charge is -2.29. The largest absolute Gasteiger partial charge is 0.482 e. The fourth-order valence-corrected chi connectivity index (χ4v) is 3.98. The number of rotatable bonds is 2. The standard InChI is InChI=1S/C13H17N3O4S/c14-9-3-5-16(6-4-9)21(18,19)10-1-2-12-11(7-10)15-13(17)8-20-12/h1-2,7,9H,3-6,8,14H2,(H,15,17). The second kappa shape index (κ2) is 5.28. The molecule has 3 rings (SSSR count). The number of fused-ring (bicyclic) bond motifs is 1. The lowest BCUT2D eigenvalue weighted by atomic mass is 10.1. The molecule has 1 fully saturated rings. The van der Waals surface area contributed by atoms with E-state index in [-0.39, 0.29) is 23.5 Å². The average molecular weight is 311 g/mol. The van der Waals surface area contributed by atoms with Gasteiger partial charge >= 0.3 is 0 Å². The average Bonchev–Trinajstić information content (AvgIpc) is 2.47. The molecular weight excluding hydrogens is 294 g/mol. The van der Waals surface area contributed by atoms with Crippen molar-refractivity contribution in [1.82, 2.24) is 4.31 Å². The molecule has 1 amide bonds. The van der Waals surface area contributed by atoms with Crippen LogP contribution in [-0.4, -0.2) is 44.4 Å². The van der Waals surface area contributed by atoms with Crippen LogP contribution in [0.3, 0.4) is 0 Å². The van der Waals surface area contributed by atoms with Gasteiger partial charge in [-0.1, -0.05) is 0 Å². The summed E-state index contributed by atoms with van der Waals surface area (Å²) in [5, 5.41) is 2.62. The molecule has 8 heteroatoms. The van der Waals surface area contributed by atoms with E-state index < -0.39 is 10.0 Å². The van der Waals surface area contributed by atoms with E-state index in [2.05, 4.69) is 5.32 Å². The fraction of sp³-hybridized carbons (Fsp3) is 0.462. The Morgan fingerprint density at radius 1 is 1.29 bits per heavy atom. The number of anilines is 1. The van der Waals surface area contributed by atoms with Gasteiger partial charge in [0.05, 0.1) is 10.6 Å². The predicted molar refractivity (Wildman–Crippen MR) is 76.5 cm³/mol. The summed E-state index contributed by atoms with van der Waals surface area (Å²) >= 11 is 0. The van der Waals surface area contributed by atoms with Crippen LogP contribution < -0.4 is 15.8 Å². The van der Waals surface area contributed by atoms with E-state index in [9.17, 15) is 13.2 Å². The molecule has 0 radical (unpaired) electrons. The van der Waals surface area contributed by atoms with Crippen molar-refractivity contribution < 1.29 is 17.9 Å². The number of ether oxygens (including phenoxy) is 1. The molecule has 2 aliphatic heterocycles. The third-order valence-electron chi connectivity index (χ3n) is 3.72. The van der Waals surface area contributed by atoms with E-state index in [0.29, 0.717) is 37.4 Å². The molecule has 0 aliphatic carbocycles. The molecule has 1 saturated heterocycles. The molecule has 21 heavy (non-hydrogen) atoms. The second-order valence-corrected chi connectivity index (χ2v) is 7.17. The number of hydrogen-bond donors (Lipinski definition) is 2. The number of amides is 1. The highest BCUT2D eigenvalue weighted by atomic mass is 32.2. The maximum absolute atomic E-state index is 12.6. The lowest BCUT2D eigenvalue weighted by Crippen LogP contribution is -2.42. The van der Waals surface area contributed by atoms with E-state index in [1.165, 1.54) is 16.4 Å². The van der Waals surface area contributed by atoms with Crippen LogP contribution in [0.5, 0.6) is 5.75 Å². The molecule has 2 heterocycles. The quantitative estimate of drug-likeness (QED) is 0.808. The molecule has 0 saturated carbocycles. The second-order valence-electron chi connectivity index (χ2n) is 5.24. The van der Waals surface area contributed by atoms with Gasteiger partial charge in [-0.2, -0.15) is 4.31 Å². The van der Waals surface area contributed by atoms with Gasteiger partial charge in [0, 0.05) is 19.1 Å². The van der Waals surface area contributed by atoms with Crippen molar-refractivity contribution in [3.63, 3.8) is 0 Å². The van der Waals surface area contributed by atoms with E-state index in [4.69, 9.17) is 10.5 Å². The first-order valence-electron chi connectivity index (χ1n) is 6.79. The van der Waals surface area contributed by atoms with Crippen LogP contribution in [0.2, 0.25) is 0 Å². The highest BCUT2D eigenvalue weighted by Gasteiger charge is 2.29. The number of benzene rings is 1. The Kier molecular flexibility index (Phi) is 3.60. The number of nitrogens with two attached hydrogens (primary N) is 1. The number of carbonyl (C=O) groups excluding carboxylic acids is 1. The zero-order valence-electron chi connectivity index (χ0n) is 11.4. The normalized spacial score (nSPS) is 20.5. The van der Waals surface area contributed by atoms with Crippen LogP contribution in [0, 0.1) is 0 Å². The van der Waals surface area contributed by atoms with Crippen LogP contribution in [0.1, 0.15) is 12.8 Å². The summed E-state index contributed by atoms with van der Waals surface area (Å²) in [5.41, 5.74) is 6.19. The molecule has 1 aromatic carbocycles. The van der Waals surface area contributed by atoms with Crippen molar-refractivity contribution in [2.75, 3.05) is 25.0 Å².